The lowest BCUT2D eigenvalue weighted by atomic mass is 10.1. The van der Waals surface area contributed by atoms with Gasteiger partial charge in [-0.25, -0.2) is 0 Å². The molecule has 0 rings (SSSR count). The zero-order valence-electron chi connectivity index (χ0n) is 10.2. The highest BCUT2D eigenvalue weighted by molar-refractivity contribution is 7.79. The quantitative estimate of drug-likeness (QED) is 0.448. The summed E-state index contributed by atoms with van der Waals surface area (Å²) in [7, 11) is -1.90. The second-order valence-electron chi connectivity index (χ2n) is 3.33. The van der Waals surface area contributed by atoms with E-state index in [1.54, 1.807) is 5.37 Å². The molecule has 1 unspecified atom stereocenters. The first-order valence-electron chi connectivity index (χ1n) is 5.78. The van der Waals surface area contributed by atoms with E-state index in [9.17, 15) is 0 Å². The van der Waals surface area contributed by atoms with Crippen LogP contribution in [0.2, 0.25) is 0 Å². The minimum atomic E-state index is -1.90. The SMILES string of the molecule is CCO[SiH](OCC)OCCC(C=S)CCN. The number of rotatable bonds is 11. The van der Waals surface area contributed by atoms with E-state index in [4.69, 9.17) is 31.2 Å². The lowest BCUT2D eigenvalue weighted by molar-refractivity contribution is 0.0988. The van der Waals surface area contributed by atoms with Gasteiger partial charge in [0.15, 0.2) is 0 Å². The molecule has 0 saturated carbocycles. The van der Waals surface area contributed by atoms with Gasteiger partial charge in [-0.3, -0.25) is 0 Å². The van der Waals surface area contributed by atoms with Gasteiger partial charge in [0.1, 0.15) is 0 Å². The molecular formula is C10H23NO3SSi. The van der Waals surface area contributed by atoms with Crippen molar-refractivity contribution in [3.05, 3.63) is 0 Å². The molecule has 6 heteroatoms. The minimum absolute atomic E-state index is 0.359. The van der Waals surface area contributed by atoms with E-state index < -0.39 is 9.53 Å². The summed E-state index contributed by atoms with van der Waals surface area (Å²) < 4.78 is 16.4. The molecular weight excluding hydrogens is 242 g/mol. The lowest BCUT2D eigenvalue weighted by Gasteiger charge is -2.16. The van der Waals surface area contributed by atoms with Gasteiger partial charge in [0, 0.05) is 19.8 Å². The molecule has 0 fully saturated rings. The van der Waals surface area contributed by atoms with Crippen LogP contribution >= 0.6 is 12.2 Å². The van der Waals surface area contributed by atoms with Crippen LogP contribution < -0.4 is 5.73 Å². The maximum absolute atomic E-state index is 5.59. The van der Waals surface area contributed by atoms with Gasteiger partial charge in [-0.2, -0.15) is 0 Å². The Morgan fingerprint density at radius 3 is 2.25 bits per heavy atom. The monoisotopic (exact) mass is 265 g/mol. The van der Waals surface area contributed by atoms with Crippen LogP contribution in [0.5, 0.6) is 0 Å². The molecule has 0 aromatic heterocycles. The highest BCUT2D eigenvalue weighted by atomic mass is 32.1. The average molecular weight is 265 g/mol. The Kier molecular flexibility index (Phi) is 11.7. The van der Waals surface area contributed by atoms with Crippen molar-refractivity contribution in [3.63, 3.8) is 0 Å². The van der Waals surface area contributed by atoms with Crippen LogP contribution in [0, 0.1) is 5.92 Å². The fourth-order valence-electron chi connectivity index (χ4n) is 1.23. The molecule has 0 aliphatic heterocycles. The van der Waals surface area contributed by atoms with Gasteiger partial charge in [-0.1, -0.05) is 12.2 Å². The predicted octanol–water partition coefficient (Wildman–Crippen LogP) is 1.15. The number of thiocarbonyl (C=S) groups is 1. The van der Waals surface area contributed by atoms with Crippen LogP contribution in [0.1, 0.15) is 26.7 Å². The Morgan fingerprint density at radius 2 is 1.81 bits per heavy atom. The van der Waals surface area contributed by atoms with Crippen molar-refractivity contribution < 1.29 is 13.3 Å². The lowest BCUT2D eigenvalue weighted by Crippen LogP contribution is -2.28. The third kappa shape index (κ3) is 8.32. The fraction of sp³-hybridized carbons (Fsp3) is 0.900. The molecule has 0 amide bonds. The van der Waals surface area contributed by atoms with Crippen LogP contribution in [0.4, 0.5) is 0 Å². The van der Waals surface area contributed by atoms with E-state index in [-0.39, 0.29) is 0 Å². The van der Waals surface area contributed by atoms with E-state index >= 15 is 0 Å². The minimum Gasteiger partial charge on any atom is -0.376 e. The summed E-state index contributed by atoms with van der Waals surface area (Å²) in [5, 5.41) is 1.77. The zero-order valence-corrected chi connectivity index (χ0v) is 12.2. The van der Waals surface area contributed by atoms with Crippen LogP contribution in [0.3, 0.4) is 0 Å². The fourth-order valence-corrected chi connectivity index (χ4v) is 2.66. The summed E-state index contributed by atoms with van der Waals surface area (Å²) in [5.74, 6) is 0.359. The molecule has 0 aliphatic rings. The normalized spacial score (nSPS) is 13.0. The van der Waals surface area contributed by atoms with Crippen LogP contribution in [-0.2, 0) is 13.3 Å². The van der Waals surface area contributed by atoms with Crippen molar-refractivity contribution >= 4 is 27.1 Å². The third-order valence-electron chi connectivity index (χ3n) is 2.08. The standard InChI is InChI=1S/C10H23NO3SSi/c1-3-12-16(13-4-2)14-8-6-10(9-15)5-7-11/h9-10,16H,3-8,11H2,1-2H3. The van der Waals surface area contributed by atoms with Crippen molar-refractivity contribution in [3.8, 4) is 0 Å². The van der Waals surface area contributed by atoms with Gasteiger partial charge in [0.05, 0.1) is 0 Å². The van der Waals surface area contributed by atoms with Crippen LogP contribution in [-0.4, -0.2) is 41.3 Å². The van der Waals surface area contributed by atoms with Crippen molar-refractivity contribution in [2.24, 2.45) is 11.7 Å². The average Bonchev–Trinajstić information content (AvgIpc) is 2.28. The number of hydrogen-bond donors (Lipinski definition) is 1. The first kappa shape index (κ1) is 16.1. The highest BCUT2D eigenvalue weighted by Gasteiger charge is 2.14. The molecule has 0 aliphatic carbocycles. The smallest absolute Gasteiger partial charge is 0.376 e. The zero-order chi connectivity index (χ0) is 12.2. The van der Waals surface area contributed by atoms with E-state index in [1.165, 1.54) is 0 Å². The third-order valence-corrected chi connectivity index (χ3v) is 4.18. The molecule has 0 aromatic rings. The van der Waals surface area contributed by atoms with Gasteiger partial charge in [0.2, 0.25) is 0 Å². The Hall–Kier alpha value is 0.147. The van der Waals surface area contributed by atoms with Crippen LogP contribution in [0.15, 0.2) is 0 Å². The summed E-state index contributed by atoms with van der Waals surface area (Å²) in [6.45, 7) is 6.45. The first-order valence-corrected chi connectivity index (χ1v) is 7.67. The molecule has 0 aromatic carbocycles. The van der Waals surface area contributed by atoms with Crippen molar-refractivity contribution in [2.75, 3.05) is 26.4 Å². The molecule has 0 spiro atoms. The van der Waals surface area contributed by atoms with Crippen molar-refractivity contribution in [2.45, 2.75) is 26.7 Å². The van der Waals surface area contributed by atoms with Gasteiger partial charge >= 0.3 is 9.53 Å². The Balaban J connectivity index is 3.69. The molecule has 2 N–H and O–H groups in total. The molecule has 0 heterocycles. The van der Waals surface area contributed by atoms with Gasteiger partial charge < -0.3 is 19.0 Å². The summed E-state index contributed by atoms with van der Waals surface area (Å²) in [4.78, 5) is 0. The number of nitrogens with two attached hydrogens (primary N) is 1. The Morgan fingerprint density at radius 1 is 1.19 bits per heavy atom. The number of hydrogen-bond acceptors (Lipinski definition) is 5. The maximum atomic E-state index is 5.59. The summed E-state index contributed by atoms with van der Waals surface area (Å²) >= 11 is 4.93. The topological polar surface area (TPSA) is 53.7 Å². The molecule has 0 radical (unpaired) electrons. The largest absolute Gasteiger partial charge is 0.484 e. The van der Waals surface area contributed by atoms with E-state index in [1.807, 2.05) is 13.8 Å². The molecule has 0 saturated heterocycles. The van der Waals surface area contributed by atoms with E-state index in [0.29, 0.717) is 32.3 Å². The van der Waals surface area contributed by atoms with Gasteiger partial charge in [0.25, 0.3) is 0 Å². The Bertz CT molecular complexity index is 168. The maximum Gasteiger partial charge on any atom is 0.484 e. The van der Waals surface area contributed by atoms with E-state index in [0.717, 1.165) is 12.8 Å². The van der Waals surface area contributed by atoms with Crippen molar-refractivity contribution in [1.82, 2.24) is 0 Å². The molecule has 4 nitrogen and oxygen atoms in total. The molecule has 16 heavy (non-hydrogen) atoms. The molecule has 96 valence electrons. The first-order chi connectivity index (χ1) is 7.78. The Labute approximate surface area is 105 Å². The van der Waals surface area contributed by atoms with E-state index in [2.05, 4.69) is 0 Å². The molecule has 0 bridgehead atoms. The van der Waals surface area contributed by atoms with Gasteiger partial charge in [-0.15, -0.1) is 0 Å². The predicted molar refractivity (Wildman–Crippen MR) is 71.8 cm³/mol. The summed E-state index contributed by atoms with van der Waals surface area (Å²) in [6, 6.07) is 0. The summed E-state index contributed by atoms with van der Waals surface area (Å²) in [5.41, 5.74) is 5.48. The summed E-state index contributed by atoms with van der Waals surface area (Å²) in [6.07, 6.45) is 1.81. The highest BCUT2D eigenvalue weighted by Crippen LogP contribution is 2.06. The van der Waals surface area contributed by atoms with Gasteiger partial charge in [-0.05, 0) is 44.5 Å². The molecule has 1 atom stereocenters. The van der Waals surface area contributed by atoms with Crippen LogP contribution in [0.25, 0.3) is 0 Å². The second-order valence-corrected chi connectivity index (χ2v) is 5.18. The van der Waals surface area contributed by atoms with Crippen molar-refractivity contribution in [1.29, 1.82) is 0 Å². The second kappa shape index (κ2) is 11.6.